The second kappa shape index (κ2) is 16.5. The molecule has 250 valence electrons. The molecule has 0 spiro atoms. The van der Waals surface area contributed by atoms with Gasteiger partial charge in [0, 0.05) is 51.0 Å². The highest BCUT2D eigenvalue weighted by atomic mass is 19.4. The molecule has 0 radical (unpaired) electrons. The molecule has 3 N–H and O–H groups in total. The van der Waals surface area contributed by atoms with Gasteiger partial charge in [0.05, 0.1) is 12.1 Å². The Kier molecular flexibility index (Phi) is 14.1. The van der Waals surface area contributed by atoms with Gasteiger partial charge >= 0.3 is 36.4 Å². The number of carboxylic acids is 3. The maximum atomic E-state index is 12.4. The molecule has 0 saturated carbocycles. The van der Waals surface area contributed by atoms with Crippen LogP contribution in [-0.2, 0) is 37.0 Å². The van der Waals surface area contributed by atoms with Crippen LogP contribution in [0.3, 0.4) is 0 Å². The molecular formula is C24H23F9N4O8. The molecule has 0 bridgehead atoms. The molecule has 4 heterocycles. The van der Waals surface area contributed by atoms with Gasteiger partial charge in [0.1, 0.15) is 6.61 Å². The fourth-order valence-corrected chi connectivity index (χ4v) is 3.51. The first kappa shape index (κ1) is 38.5. The van der Waals surface area contributed by atoms with Gasteiger partial charge in [0.15, 0.2) is 0 Å². The summed E-state index contributed by atoms with van der Waals surface area (Å²) < 4.78 is 101. The monoisotopic (exact) mass is 666 g/mol. The number of halogens is 9. The number of aliphatic carboxylic acids is 3. The molecular weight excluding hydrogens is 643 g/mol. The molecule has 2 aliphatic rings. The summed E-state index contributed by atoms with van der Waals surface area (Å²) in [5, 5.41) is 21.4. The molecule has 2 atom stereocenters. The van der Waals surface area contributed by atoms with E-state index in [9.17, 15) is 44.3 Å². The summed E-state index contributed by atoms with van der Waals surface area (Å²) in [4.78, 5) is 51.5. The van der Waals surface area contributed by atoms with Crippen molar-refractivity contribution in [1.29, 1.82) is 0 Å². The Hall–Kier alpha value is -4.53. The van der Waals surface area contributed by atoms with Crippen molar-refractivity contribution >= 4 is 23.8 Å². The minimum atomic E-state index is -5.08. The van der Waals surface area contributed by atoms with E-state index < -0.39 is 36.4 Å². The van der Waals surface area contributed by atoms with Gasteiger partial charge in [-0.1, -0.05) is 0 Å². The van der Waals surface area contributed by atoms with Crippen molar-refractivity contribution in [3.05, 3.63) is 60.2 Å². The molecule has 2 aliphatic heterocycles. The van der Waals surface area contributed by atoms with E-state index in [1.54, 1.807) is 12.4 Å². The molecule has 2 saturated heterocycles. The van der Waals surface area contributed by atoms with Gasteiger partial charge in [-0.3, -0.25) is 19.7 Å². The molecule has 2 aromatic rings. The normalized spacial score (nSPS) is 18.2. The molecule has 12 nitrogen and oxygen atoms in total. The van der Waals surface area contributed by atoms with Gasteiger partial charge in [-0.15, -0.1) is 0 Å². The van der Waals surface area contributed by atoms with E-state index >= 15 is 0 Å². The number of ether oxygens (including phenoxy) is 1. The average molecular weight is 666 g/mol. The molecule has 45 heavy (non-hydrogen) atoms. The largest absolute Gasteiger partial charge is 0.490 e. The van der Waals surface area contributed by atoms with Crippen molar-refractivity contribution in [2.75, 3.05) is 19.7 Å². The molecule has 21 heteroatoms. The molecule has 2 aromatic heterocycles. The van der Waals surface area contributed by atoms with Gasteiger partial charge in [0.2, 0.25) is 5.91 Å². The summed E-state index contributed by atoms with van der Waals surface area (Å²) in [6.07, 6.45) is -8.00. The third-order valence-electron chi connectivity index (χ3n) is 5.44. The van der Waals surface area contributed by atoms with Crippen LogP contribution in [0.5, 0.6) is 0 Å². The highest BCUT2D eigenvalue weighted by molar-refractivity contribution is 5.78. The Bertz CT molecular complexity index is 1210. The van der Waals surface area contributed by atoms with Crippen molar-refractivity contribution < 1.29 is 78.7 Å². The van der Waals surface area contributed by atoms with Gasteiger partial charge in [-0.2, -0.15) is 39.5 Å². The summed E-state index contributed by atoms with van der Waals surface area (Å²) >= 11 is 0. The number of alkyl halides is 9. The molecule has 2 fully saturated rings. The Morgan fingerprint density at radius 3 is 1.42 bits per heavy atom. The zero-order chi connectivity index (χ0) is 34.6. The standard InChI is InChI=1S/C18H20N4O2.3C2HF3O2/c23-18-13-24-17-12-21(9-14-1-5-19-6-2-14)11-16(17)22(18)10-15-3-7-20-8-4-15;3*3-2(4,5)1(6)7/h1-8,16-17H,9-13H2;3*(H,6,7)/t16-,17-;;;/m1.../s1. The Morgan fingerprint density at radius 1 is 0.711 bits per heavy atom. The number of hydrogen-bond donors (Lipinski definition) is 3. The predicted octanol–water partition coefficient (Wildman–Crippen LogP) is 2.99. The number of aromatic nitrogens is 2. The third kappa shape index (κ3) is 14.2. The van der Waals surface area contributed by atoms with Gasteiger partial charge in [0.25, 0.3) is 0 Å². The number of nitrogens with zero attached hydrogens (tertiary/aromatic N) is 4. The summed E-state index contributed by atoms with van der Waals surface area (Å²) in [5.41, 5.74) is 2.34. The van der Waals surface area contributed by atoms with Crippen molar-refractivity contribution in [1.82, 2.24) is 19.8 Å². The number of carbonyl (C=O) groups is 4. The Morgan fingerprint density at radius 2 is 1.07 bits per heavy atom. The minimum Gasteiger partial charge on any atom is -0.475 e. The second-order valence-corrected chi connectivity index (χ2v) is 8.75. The Labute approximate surface area is 246 Å². The maximum absolute atomic E-state index is 12.4. The first-order chi connectivity index (χ1) is 20.6. The predicted molar refractivity (Wildman–Crippen MR) is 129 cm³/mol. The maximum Gasteiger partial charge on any atom is 0.490 e. The number of likely N-dealkylation sites (tertiary alicyclic amines) is 1. The highest BCUT2D eigenvalue weighted by Gasteiger charge is 2.43. The van der Waals surface area contributed by atoms with Crippen LogP contribution in [0.1, 0.15) is 11.1 Å². The lowest BCUT2D eigenvalue weighted by Gasteiger charge is -2.36. The van der Waals surface area contributed by atoms with Crippen LogP contribution in [0.4, 0.5) is 39.5 Å². The lowest BCUT2D eigenvalue weighted by atomic mass is 10.1. The van der Waals surface area contributed by atoms with E-state index in [2.05, 4.69) is 14.9 Å². The lowest BCUT2D eigenvalue weighted by molar-refractivity contribution is -0.193. The zero-order valence-electron chi connectivity index (χ0n) is 22.4. The number of amides is 1. The first-order valence-electron chi connectivity index (χ1n) is 11.9. The molecule has 0 unspecified atom stereocenters. The van der Waals surface area contributed by atoms with Crippen molar-refractivity contribution in [3.8, 4) is 0 Å². The average Bonchev–Trinajstić information content (AvgIpc) is 3.34. The van der Waals surface area contributed by atoms with E-state index in [1.807, 2.05) is 41.6 Å². The van der Waals surface area contributed by atoms with E-state index in [0.29, 0.717) is 6.54 Å². The lowest BCUT2D eigenvalue weighted by Crippen LogP contribution is -2.53. The second-order valence-electron chi connectivity index (χ2n) is 8.75. The summed E-state index contributed by atoms with van der Waals surface area (Å²) in [5.74, 6) is -8.20. The zero-order valence-corrected chi connectivity index (χ0v) is 22.4. The van der Waals surface area contributed by atoms with Gasteiger partial charge in [-0.25, -0.2) is 14.4 Å². The Balaban J connectivity index is 0.000000396. The van der Waals surface area contributed by atoms with E-state index in [0.717, 1.165) is 25.2 Å². The summed E-state index contributed by atoms with van der Waals surface area (Å²) in [6.45, 7) is 3.34. The fourth-order valence-electron chi connectivity index (χ4n) is 3.51. The number of fused-ring (bicyclic) bond motifs is 1. The third-order valence-corrected chi connectivity index (χ3v) is 5.44. The quantitative estimate of drug-likeness (QED) is 0.410. The fraction of sp³-hybridized carbons (Fsp3) is 0.417. The van der Waals surface area contributed by atoms with E-state index in [-0.39, 0.29) is 24.7 Å². The summed E-state index contributed by atoms with van der Waals surface area (Å²) in [7, 11) is 0. The number of hydrogen-bond acceptors (Lipinski definition) is 8. The van der Waals surface area contributed by atoms with Crippen LogP contribution in [0.25, 0.3) is 0 Å². The number of carbonyl (C=O) groups excluding carboxylic acids is 1. The highest BCUT2D eigenvalue weighted by Crippen LogP contribution is 2.26. The summed E-state index contributed by atoms with van der Waals surface area (Å²) in [6, 6.07) is 8.09. The van der Waals surface area contributed by atoms with Crippen LogP contribution in [-0.4, -0.2) is 109 Å². The molecule has 4 rings (SSSR count). The topological polar surface area (TPSA) is 170 Å². The van der Waals surface area contributed by atoms with Crippen molar-refractivity contribution in [2.24, 2.45) is 0 Å². The van der Waals surface area contributed by atoms with Crippen LogP contribution < -0.4 is 0 Å². The number of morpholine rings is 1. The van der Waals surface area contributed by atoms with Crippen molar-refractivity contribution in [2.45, 2.75) is 43.8 Å². The van der Waals surface area contributed by atoms with E-state index in [4.69, 9.17) is 34.4 Å². The first-order valence-corrected chi connectivity index (χ1v) is 11.9. The van der Waals surface area contributed by atoms with Crippen LogP contribution in [0.15, 0.2) is 49.1 Å². The number of pyridine rings is 2. The van der Waals surface area contributed by atoms with E-state index in [1.165, 1.54) is 5.56 Å². The number of rotatable bonds is 4. The van der Waals surface area contributed by atoms with Crippen LogP contribution in [0.2, 0.25) is 0 Å². The minimum absolute atomic E-state index is 0.0684. The number of carboxylic acid groups (broad SMARTS) is 3. The molecule has 0 aliphatic carbocycles. The SMILES string of the molecule is O=C(O)C(F)(F)F.O=C(O)C(F)(F)F.O=C(O)C(F)(F)F.O=C1CO[C@@H]2CN(Cc3ccncc3)C[C@H]2N1Cc1ccncc1. The van der Waals surface area contributed by atoms with Gasteiger partial charge in [-0.05, 0) is 35.4 Å². The van der Waals surface area contributed by atoms with Crippen molar-refractivity contribution in [3.63, 3.8) is 0 Å². The van der Waals surface area contributed by atoms with Crippen LogP contribution in [0, 0.1) is 0 Å². The molecule has 0 aromatic carbocycles. The molecule has 1 amide bonds. The smallest absolute Gasteiger partial charge is 0.475 e. The van der Waals surface area contributed by atoms with Gasteiger partial charge < -0.3 is 25.0 Å². The van der Waals surface area contributed by atoms with Crippen LogP contribution >= 0.6 is 0 Å².